The van der Waals surface area contributed by atoms with Gasteiger partial charge in [0.25, 0.3) is 0 Å². The van der Waals surface area contributed by atoms with E-state index in [1.165, 1.54) is 0 Å². The lowest BCUT2D eigenvalue weighted by atomic mass is 9.67. The Labute approximate surface area is 243 Å². The third-order valence-electron chi connectivity index (χ3n) is 7.92. The number of carbonyl (C=O) groups excluding carboxylic acids is 1. The molecule has 0 bridgehead atoms. The van der Waals surface area contributed by atoms with Crippen LogP contribution in [0.5, 0.6) is 5.75 Å². The van der Waals surface area contributed by atoms with E-state index in [-0.39, 0.29) is 23.9 Å². The van der Waals surface area contributed by atoms with E-state index in [4.69, 9.17) is 27.9 Å². The summed E-state index contributed by atoms with van der Waals surface area (Å²) >= 11 is 12.8. The minimum Gasteiger partial charge on any atom is -0.497 e. The number of rotatable bonds is 11. The highest BCUT2D eigenvalue weighted by atomic mass is 35.5. The number of carbonyl (C=O) groups is 1. The van der Waals surface area contributed by atoms with Crippen LogP contribution in [0.4, 0.5) is 0 Å². The largest absolute Gasteiger partial charge is 0.497 e. The van der Waals surface area contributed by atoms with Crippen LogP contribution in [0, 0.1) is 5.41 Å². The molecule has 0 saturated carbocycles. The van der Waals surface area contributed by atoms with Crippen molar-refractivity contribution in [2.24, 2.45) is 5.41 Å². The Morgan fingerprint density at radius 2 is 1.79 bits per heavy atom. The van der Waals surface area contributed by atoms with Crippen molar-refractivity contribution in [1.29, 1.82) is 0 Å². The van der Waals surface area contributed by atoms with Crippen LogP contribution >= 0.6 is 23.2 Å². The second kappa shape index (κ2) is 13.0. The summed E-state index contributed by atoms with van der Waals surface area (Å²) in [4.78, 5) is 16.6. The van der Waals surface area contributed by atoms with E-state index in [1.807, 2.05) is 48.5 Å². The summed E-state index contributed by atoms with van der Waals surface area (Å²) in [5.41, 5.74) is 2.81. The van der Waals surface area contributed by atoms with Gasteiger partial charge in [-0.25, -0.2) is 0 Å². The van der Waals surface area contributed by atoms with E-state index in [2.05, 4.69) is 61.0 Å². The molecule has 1 amide bonds. The predicted molar refractivity (Wildman–Crippen MR) is 162 cm³/mol. The van der Waals surface area contributed by atoms with Gasteiger partial charge in [0.1, 0.15) is 5.75 Å². The molecule has 6 heteroatoms. The van der Waals surface area contributed by atoms with Gasteiger partial charge in [-0.1, -0.05) is 79.5 Å². The molecule has 1 N–H and O–H groups in total. The lowest BCUT2D eigenvalue weighted by molar-refractivity contribution is -0.154. The summed E-state index contributed by atoms with van der Waals surface area (Å²) in [6.45, 7) is 9.60. The van der Waals surface area contributed by atoms with Crippen LogP contribution in [0.15, 0.2) is 85.5 Å². The number of ether oxygens (including phenoxy) is 1. The van der Waals surface area contributed by atoms with Gasteiger partial charge in [-0.05, 0) is 72.4 Å². The number of hydrogen-bond acceptors (Lipinski definition) is 3. The molecule has 4 atom stereocenters. The molecular formula is C33H38Cl2N2O2. The number of piperidine rings is 1. The van der Waals surface area contributed by atoms with Crippen molar-refractivity contribution < 1.29 is 9.53 Å². The topological polar surface area (TPSA) is 41.6 Å². The quantitative estimate of drug-likeness (QED) is 0.238. The van der Waals surface area contributed by atoms with Crippen LogP contribution in [0.1, 0.15) is 61.8 Å². The van der Waals surface area contributed by atoms with Crippen molar-refractivity contribution in [3.63, 3.8) is 0 Å². The minimum absolute atomic E-state index is 0.0115. The number of nitrogens with one attached hydrogen (secondary N) is 1. The zero-order valence-corrected chi connectivity index (χ0v) is 24.5. The molecule has 1 fully saturated rings. The zero-order chi connectivity index (χ0) is 28.0. The van der Waals surface area contributed by atoms with Crippen molar-refractivity contribution in [3.05, 3.63) is 112 Å². The molecule has 4 nitrogen and oxygen atoms in total. The molecule has 3 aromatic carbocycles. The summed E-state index contributed by atoms with van der Waals surface area (Å²) in [7, 11) is 1.67. The maximum atomic E-state index is 14.4. The third kappa shape index (κ3) is 6.69. The second-order valence-corrected chi connectivity index (χ2v) is 11.5. The van der Waals surface area contributed by atoms with Gasteiger partial charge in [-0.3, -0.25) is 4.79 Å². The molecule has 0 spiro atoms. The highest BCUT2D eigenvalue weighted by Gasteiger charge is 2.50. The van der Waals surface area contributed by atoms with Gasteiger partial charge in [-0.15, -0.1) is 6.58 Å². The summed E-state index contributed by atoms with van der Waals surface area (Å²) < 4.78 is 5.29. The standard InChI is InChI=1S/C33H38Cl2N2O2/c1-5-18-33(3)20-30(25-8-7-9-27(35)19-25)31(24-12-14-26(34)15-13-24)37(32(33)38)28(6-2)22-36-21-23-10-16-29(39-4)17-11-23/h5,7-17,19,28,30-31,36H,1,6,18,20-22H2,2-4H3/t28-,30+,31+,33-/m0/s1. The van der Waals surface area contributed by atoms with Gasteiger partial charge in [0.2, 0.25) is 5.91 Å². The lowest BCUT2D eigenvalue weighted by Gasteiger charge is -2.52. The Morgan fingerprint density at radius 1 is 1.08 bits per heavy atom. The van der Waals surface area contributed by atoms with Gasteiger partial charge in [0.05, 0.1) is 18.6 Å². The van der Waals surface area contributed by atoms with Gasteiger partial charge in [0, 0.05) is 35.1 Å². The molecular weight excluding hydrogens is 527 g/mol. The normalized spacial score (nSPS) is 22.0. The molecule has 0 radical (unpaired) electrons. The number of allylic oxidation sites excluding steroid dienone is 1. The van der Waals surface area contributed by atoms with Crippen LogP contribution < -0.4 is 10.1 Å². The molecule has 0 aliphatic carbocycles. The summed E-state index contributed by atoms with van der Waals surface area (Å²) in [6, 6.07) is 23.9. The molecule has 1 aliphatic rings. The first-order valence-corrected chi connectivity index (χ1v) is 14.3. The Bertz CT molecular complexity index is 1260. The van der Waals surface area contributed by atoms with Crippen molar-refractivity contribution in [2.75, 3.05) is 13.7 Å². The molecule has 1 aliphatic heterocycles. The molecule has 0 unspecified atom stereocenters. The molecule has 1 heterocycles. The fourth-order valence-corrected chi connectivity index (χ4v) is 6.18. The SMILES string of the molecule is C=CC[C@@]1(C)C[C@H](c2cccc(Cl)c2)[C@@H](c2ccc(Cl)cc2)N([C@@H](CC)CNCc2ccc(OC)cc2)C1=O. The minimum atomic E-state index is -0.568. The first-order valence-electron chi connectivity index (χ1n) is 13.6. The summed E-state index contributed by atoms with van der Waals surface area (Å²) in [5.74, 6) is 1.06. The van der Waals surface area contributed by atoms with E-state index >= 15 is 0 Å². The average molecular weight is 566 g/mol. The van der Waals surface area contributed by atoms with Gasteiger partial charge in [0.15, 0.2) is 0 Å². The second-order valence-electron chi connectivity index (χ2n) is 10.7. The fraction of sp³-hybridized carbons (Fsp3) is 0.364. The first kappa shape index (κ1) is 29.2. The fourth-order valence-electron chi connectivity index (χ4n) is 5.85. The Balaban J connectivity index is 1.72. The van der Waals surface area contributed by atoms with Crippen LogP contribution in [0.2, 0.25) is 10.0 Å². The van der Waals surface area contributed by atoms with Gasteiger partial charge in [-0.2, -0.15) is 0 Å². The molecule has 1 saturated heterocycles. The van der Waals surface area contributed by atoms with E-state index in [9.17, 15) is 4.79 Å². The summed E-state index contributed by atoms with van der Waals surface area (Å²) in [5, 5.41) is 4.99. The predicted octanol–water partition coefficient (Wildman–Crippen LogP) is 8.21. The van der Waals surface area contributed by atoms with Crippen molar-refractivity contribution in [2.45, 2.75) is 57.7 Å². The molecule has 0 aromatic heterocycles. The Kier molecular flexibility index (Phi) is 9.76. The smallest absolute Gasteiger partial charge is 0.229 e. The molecule has 206 valence electrons. The van der Waals surface area contributed by atoms with E-state index in [0.29, 0.717) is 36.0 Å². The van der Waals surface area contributed by atoms with Crippen molar-refractivity contribution >= 4 is 29.1 Å². The van der Waals surface area contributed by atoms with E-state index in [0.717, 1.165) is 28.9 Å². The van der Waals surface area contributed by atoms with E-state index in [1.54, 1.807) is 7.11 Å². The number of amides is 1. The number of methoxy groups -OCH3 is 1. The van der Waals surface area contributed by atoms with Gasteiger partial charge < -0.3 is 15.0 Å². The molecule has 4 rings (SSSR count). The first-order chi connectivity index (χ1) is 18.8. The zero-order valence-electron chi connectivity index (χ0n) is 23.0. The monoisotopic (exact) mass is 564 g/mol. The highest BCUT2D eigenvalue weighted by Crippen LogP contribution is 2.52. The van der Waals surface area contributed by atoms with Crippen molar-refractivity contribution in [3.8, 4) is 5.75 Å². The number of hydrogen-bond donors (Lipinski definition) is 1. The Hall–Kier alpha value is -2.79. The number of benzene rings is 3. The number of nitrogens with zero attached hydrogens (tertiary/aromatic N) is 1. The van der Waals surface area contributed by atoms with Crippen LogP contribution in [-0.4, -0.2) is 30.5 Å². The third-order valence-corrected chi connectivity index (χ3v) is 8.41. The highest BCUT2D eigenvalue weighted by molar-refractivity contribution is 6.30. The average Bonchev–Trinajstić information content (AvgIpc) is 2.94. The number of likely N-dealkylation sites (tertiary alicyclic amines) is 1. The maximum absolute atomic E-state index is 14.4. The lowest BCUT2D eigenvalue weighted by Crippen LogP contribution is -2.57. The van der Waals surface area contributed by atoms with Crippen LogP contribution in [-0.2, 0) is 11.3 Å². The van der Waals surface area contributed by atoms with Gasteiger partial charge >= 0.3 is 0 Å². The van der Waals surface area contributed by atoms with E-state index < -0.39 is 5.41 Å². The van der Waals surface area contributed by atoms with Crippen LogP contribution in [0.3, 0.4) is 0 Å². The van der Waals surface area contributed by atoms with Crippen molar-refractivity contribution in [1.82, 2.24) is 10.2 Å². The van der Waals surface area contributed by atoms with Crippen LogP contribution in [0.25, 0.3) is 0 Å². The Morgan fingerprint density at radius 3 is 2.41 bits per heavy atom. The maximum Gasteiger partial charge on any atom is 0.229 e. The molecule has 3 aromatic rings. The number of halogens is 2. The molecule has 39 heavy (non-hydrogen) atoms. The summed E-state index contributed by atoms with van der Waals surface area (Å²) in [6.07, 6.45) is 4.01.